The Labute approximate surface area is 121 Å². The van der Waals surface area contributed by atoms with Crippen molar-refractivity contribution in [2.24, 2.45) is 11.7 Å². The second-order valence-corrected chi connectivity index (χ2v) is 5.82. The third-order valence-corrected chi connectivity index (χ3v) is 4.49. The summed E-state index contributed by atoms with van der Waals surface area (Å²) >= 11 is 3.58. The molecule has 19 heavy (non-hydrogen) atoms. The van der Waals surface area contributed by atoms with Crippen LogP contribution in [-0.4, -0.2) is 18.1 Å². The van der Waals surface area contributed by atoms with Crippen LogP contribution in [0.4, 0.5) is 0 Å². The third kappa shape index (κ3) is 2.40. The molecule has 1 saturated heterocycles. The van der Waals surface area contributed by atoms with Gasteiger partial charge in [0.25, 0.3) is 0 Å². The molecule has 1 aliphatic rings. The van der Waals surface area contributed by atoms with Crippen LogP contribution in [0.2, 0.25) is 0 Å². The highest BCUT2D eigenvalue weighted by Crippen LogP contribution is 2.37. The third-order valence-electron chi connectivity index (χ3n) is 3.80. The minimum Gasteiger partial charge on any atom is -0.373 e. The molecule has 2 aromatic rings. The van der Waals surface area contributed by atoms with Gasteiger partial charge in [-0.1, -0.05) is 28.1 Å². The number of nitrogens with two attached hydrogens (primary N) is 1. The van der Waals surface area contributed by atoms with Crippen LogP contribution in [0.25, 0.3) is 10.9 Å². The van der Waals surface area contributed by atoms with Crippen molar-refractivity contribution < 1.29 is 4.74 Å². The zero-order valence-corrected chi connectivity index (χ0v) is 12.3. The van der Waals surface area contributed by atoms with Crippen LogP contribution in [0.15, 0.2) is 34.9 Å². The van der Waals surface area contributed by atoms with E-state index in [1.54, 1.807) is 0 Å². The van der Waals surface area contributed by atoms with Crippen molar-refractivity contribution >= 4 is 26.8 Å². The average Bonchev–Trinajstić information content (AvgIpc) is 2.48. The first kappa shape index (κ1) is 13.0. The maximum Gasteiger partial charge on any atom is 0.0886 e. The molecule has 1 aromatic carbocycles. The first-order valence-corrected chi connectivity index (χ1v) is 7.45. The summed E-state index contributed by atoms with van der Waals surface area (Å²) in [5, 5.41) is 1.13. The highest BCUT2D eigenvalue weighted by Gasteiger charge is 2.28. The summed E-state index contributed by atoms with van der Waals surface area (Å²) in [7, 11) is 0. The fourth-order valence-corrected chi connectivity index (χ4v) is 3.27. The Kier molecular flexibility index (Phi) is 3.82. The number of aromatic nitrogens is 1. The molecule has 2 N–H and O–H groups in total. The molecule has 2 atom stereocenters. The zero-order valence-electron chi connectivity index (χ0n) is 10.7. The van der Waals surface area contributed by atoms with Crippen LogP contribution in [-0.2, 0) is 4.74 Å². The van der Waals surface area contributed by atoms with E-state index in [0.717, 1.165) is 40.4 Å². The minimum atomic E-state index is 0.0734. The largest absolute Gasteiger partial charge is 0.373 e. The normalized spacial score (nSPS) is 23.7. The second-order valence-electron chi connectivity index (χ2n) is 4.97. The van der Waals surface area contributed by atoms with Crippen molar-refractivity contribution in [2.45, 2.75) is 18.9 Å². The number of rotatable bonds is 2. The monoisotopic (exact) mass is 320 g/mol. The Balaban J connectivity index is 2.11. The van der Waals surface area contributed by atoms with Crippen molar-refractivity contribution in [1.82, 2.24) is 4.98 Å². The molecule has 0 amide bonds. The van der Waals surface area contributed by atoms with Gasteiger partial charge in [0.05, 0.1) is 11.6 Å². The van der Waals surface area contributed by atoms with E-state index in [1.807, 2.05) is 12.3 Å². The van der Waals surface area contributed by atoms with Crippen LogP contribution in [0.5, 0.6) is 0 Å². The van der Waals surface area contributed by atoms with E-state index in [-0.39, 0.29) is 6.10 Å². The van der Waals surface area contributed by atoms with Crippen LogP contribution in [0.3, 0.4) is 0 Å². The molecule has 1 fully saturated rings. The number of fused-ring (bicyclic) bond motifs is 1. The summed E-state index contributed by atoms with van der Waals surface area (Å²) in [6.45, 7) is 1.47. The summed E-state index contributed by atoms with van der Waals surface area (Å²) in [4.78, 5) is 4.54. The molecule has 2 heterocycles. The van der Waals surface area contributed by atoms with Crippen molar-refractivity contribution in [3.8, 4) is 0 Å². The fourth-order valence-electron chi connectivity index (χ4n) is 2.82. The molecule has 0 spiro atoms. The summed E-state index contributed by atoms with van der Waals surface area (Å²) in [6, 6.07) is 8.22. The van der Waals surface area contributed by atoms with Gasteiger partial charge in [-0.15, -0.1) is 0 Å². The van der Waals surface area contributed by atoms with E-state index < -0.39 is 0 Å². The fraction of sp³-hybridized carbons (Fsp3) is 0.400. The van der Waals surface area contributed by atoms with Crippen LogP contribution < -0.4 is 5.73 Å². The standard InChI is InChI=1S/C15H17BrN2O/c16-13-6-5-12(14-11(13)4-1-7-18-14)15-10(9-17)3-2-8-19-15/h1,4-7,10,15H,2-3,8-9,17H2. The molecule has 0 aliphatic carbocycles. The van der Waals surface area contributed by atoms with E-state index in [1.165, 1.54) is 0 Å². The number of hydrogen-bond donors (Lipinski definition) is 1. The Bertz CT molecular complexity index is 587. The predicted octanol–water partition coefficient (Wildman–Crippen LogP) is 3.42. The molecular formula is C15H17BrN2O. The van der Waals surface area contributed by atoms with E-state index >= 15 is 0 Å². The van der Waals surface area contributed by atoms with Crippen molar-refractivity contribution in [3.05, 3.63) is 40.5 Å². The van der Waals surface area contributed by atoms with Gasteiger partial charge in [0.15, 0.2) is 0 Å². The maximum atomic E-state index is 5.98. The number of benzene rings is 1. The molecule has 0 bridgehead atoms. The molecule has 3 rings (SSSR count). The van der Waals surface area contributed by atoms with Crippen molar-refractivity contribution in [1.29, 1.82) is 0 Å². The second kappa shape index (κ2) is 5.57. The molecule has 3 nitrogen and oxygen atoms in total. The van der Waals surface area contributed by atoms with E-state index in [2.05, 4.69) is 39.1 Å². The lowest BCUT2D eigenvalue weighted by Crippen LogP contribution is -2.28. The van der Waals surface area contributed by atoms with E-state index in [9.17, 15) is 0 Å². The van der Waals surface area contributed by atoms with Gasteiger partial charge in [-0.3, -0.25) is 4.98 Å². The Hall–Kier alpha value is -0.970. The van der Waals surface area contributed by atoms with Crippen molar-refractivity contribution in [2.75, 3.05) is 13.2 Å². The topological polar surface area (TPSA) is 48.1 Å². The van der Waals surface area contributed by atoms with Gasteiger partial charge >= 0.3 is 0 Å². The van der Waals surface area contributed by atoms with Gasteiger partial charge in [-0.05, 0) is 31.5 Å². The maximum absolute atomic E-state index is 5.98. The first-order chi connectivity index (χ1) is 9.31. The molecular weight excluding hydrogens is 304 g/mol. The summed E-state index contributed by atoms with van der Waals surface area (Å²) in [5.41, 5.74) is 8.07. The van der Waals surface area contributed by atoms with Gasteiger partial charge in [0, 0.05) is 34.1 Å². The molecule has 0 saturated carbocycles. The predicted molar refractivity (Wildman–Crippen MR) is 79.9 cm³/mol. The van der Waals surface area contributed by atoms with Crippen LogP contribution in [0, 0.1) is 5.92 Å². The summed E-state index contributed by atoms with van der Waals surface area (Å²) in [6.07, 6.45) is 4.13. The molecule has 0 radical (unpaired) electrons. The molecule has 4 heteroatoms. The lowest BCUT2D eigenvalue weighted by Gasteiger charge is -2.31. The Morgan fingerprint density at radius 3 is 3.11 bits per heavy atom. The lowest BCUT2D eigenvalue weighted by atomic mass is 9.88. The highest BCUT2D eigenvalue weighted by atomic mass is 79.9. The average molecular weight is 321 g/mol. The van der Waals surface area contributed by atoms with E-state index in [4.69, 9.17) is 10.5 Å². The minimum absolute atomic E-state index is 0.0734. The molecule has 100 valence electrons. The number of ether oxygens (including phenoxy) is 1. The van der Waals surface area contributed by atoms with Crippen LogP contribution in [0.1, 0.15) is 24.5 Å². The van der Waals surface area contributed by atoms with Gasteiger partial charge < -0.3 is 10.5 Å². The quantitative estimate of drug-likeness (QED) is 0.922. The number of halogens is 1. The number of pyridine rings is 1. The SMILES string of the molecule is NCC1CCCOC1c1ccc(Br)c2cccnc12. The van der Waals surface area contributed by atoms with Gasteiger partial charge in [0.2, 0.25) is 0 Å². The lowest BCUT2D eigenvalue weighted by molar-refractivity contribution is -0.0243. The van der Waals surface area contributed by atoms with E-state index in [0.29, 0.717) is 12.5 Å². The molecule has 1 aliphatic heterocycles. The van der Waals surface area contributed by atoms with Gasteiger partial charge in [0.1, 0.15) is 0 Å². The van der Waals surface area contributed by atoms with Gasteiger partial charge in [-0.25, -0.2) is 0 Å². The highest BCUT2D eigenvalue weighted by molar-refractivity contribution is 9.10. The molecule has 1 aromatic heterocycles. The number of nitrogens with zero attached hydrogens (tertiary/aromatic N) is 1. The first-order valence-electron chi connectivity index (χ1n) is 6.66. The smallest absolute Gasteiger partial charge is 0.0886 e. The number of hydrogen-bond acceptors (Lipinski definition) is 3. The van der Waals surface area contributed by atoms with Gasteiger partial charge in [-0.2, -0.15) is 0 Å². The van der Waals surface area contributed by atoms with Crippen molar-refractivity contribution in [3.63, 3.8) is 0 Å². The molecule has 2 unspecified atom stereocenters. The zero-order chi connectivity index (χ0) is 13.2. The summed E-state index contributed by atoms with van der Waals surface area (Å²) < 4.78 is 7.05. The summed E-state index contributed by atoms with van der Waals surface area (Å²) in [5.74, 6) is 0.389. The Morgan fingerprint density at radius 1 is 1.37 bits per heavy atom. The Morgan fingerprint density at radius 2 is 2.26 bits per heavy atom. The van der Waals surface area contributed by atoms with Crippen LogP contribution >= 0.6 is 15.9 Å².